The lowest BCUT2D eigenvalue weighted by molar-refractivity contribution is 0.362. The van der Waals surface area contributed by atoms with Crippen molar-refractivity contribution in [3.8, 4) is 11.5 Å². The molecule has 1 N–H and O–H groups in total. The summed E-state index contributed by atoms with van der Waals surface area (Å²) in [7, 11) is 0. The molecule has 25 heavy (non-hydrogen) atoms. The first-order chi connectivity index (χ1) is 12.2. The summed E-state index contributed by atoms with van der Waals surface area (Å²) in [5.41, 5.74) is 1.04. The fourth-order valence-electron chi connectivity index (χ4n) is 3.04. The smallest absolute Gasteiger partial charge is 0.343 e. The summed E-state index contributed by atoms with van der Waals surface area (Å²) in [5.74, 6) is 0.393. The molecule has 2 aromatic carbocycles. The Bertz CT molecular complexity index is 956. The highest BCUT2D eigenvalue weighted by Gasteiger charge is 2.23. The largest absolute Gasteiger partial charge is 0.507 e. The summed E-state index contributed by atoms with van der Waals surface area (Å²) in [6.45, 7) is 6.01. The number of benzene rings is 2. The van der Waals surface area contributed by atoms with E-state index in [1.54, 1.807) is 30.3 Å². The Labute approximate surface area is 146 Å². The molecular weight excluding hydrogens is 316 g/mol. The summed E-state index contributed by atoms with van der Waals surface area (Å²) in [6.07, 6.45) is 2.31. The maximum Gasteiger partial charge on any atom is 0.343 e. The van der Waals surface area contributed by atoms with Gasteiger partial charge in [-0.1, -0.05) is 43.8 Å². The Morgan fingerprint density at radius 1 is 1.24 bits per heavy atom. The van der Waals surface area contributed by atoms with Crippen LogP contribution in [0.5, 0.6) is 11.5 Å². The van der Waals surface area contributed by atoms with Crippen LogP contribution >= 0.6 is 0 Å². The van der Waals surface area contributed by atoms with Gasteiger partial charge in [-0.25, -0.2) is 4.79 Å². The molecule has 1 aromatic heterocycles. The van der Waals surface area contributed by atoms with Crippen LogP contribution in [0, 0.1) is 0 Å². The van der Waals surface area contributed by atoms with Crippen molar-refractivity contribution in [3.05, 3.63) is 82.7 Å². The first-order valence-electron chi connectivity index (χ1n) is 8.24. The van der Waals surface area contributed by atoms with E-state index in [-0.39, 0.29) is 17.2 Å². The highest BCUT2D eigenvalue weighted by atomic mass is 16.5. The molecule has 0 amide bonds. The molecule has 0 spiro atoms. The third-order valence-corrected chi connectivity index (χ3v) is 4.20. The van der Waals surface area contributed by atoms with E-state index in [0.717, 1.165) is 5.56 Å². The lowest BCUT2D eigenvalue weighted by Crippen LogP contribution is -2.14. The molecule has 0 aliphatic heterocycles. The third-order valence-electron chi connectivity index (χ3n) is 4.20. The minimum Gasteiger partial charge on any atom is -0.507 e. The molecule has 0 fully saturated rings. The number of hydrogen-bond acceptors (Lipinski definition) is 4. The van der Waals surface area contributed by atoms with Crippen molar-refractivity contribution in [3.63, 3.8) is 0 Å². The van der Waals surface area contributed by atoms with Crippen molar-refractivity contribution in [2.45, 2.75) is 19.3 Å². The molecule has 128 valence electrons. The summed E-state index contributed by atoms with van der Waals surface area (Å²) in [4.78, 5) is 12.5. The van der Waals surface area contributed by atoms with Gasteiger partial charge in [0, 0.05) is 5.92 Å². The molecular formula is C21H20O4. The first-order valence-corrected chi connectivity index (χ1v) is 8.24. The van der Waals surface area contributed by atoms with Gasteiger partial charge >= 0.3 is 5.63 Å². The molecule has 1 atom stereocenters. The van der Waals surface area contributed by atoms with E-state index in [4.69, 9.17) is 9.15 Å². The fraction of sp³-hybridized carbons (Fsp3) is 0.190. The maximum absolute atomic E-state index is 12.5. The quantitative estimate of drug-likeness (QED) is 0.528. The molecule has 0 aliphatic rings. The zero-order chi connectivity index (χ0) is 17.8. The summed E-state index contributed by atoms with van der Waals surface area (Å²) < 4.78 is 11.0. The predicted octanol–water partition coefficient (Wildman–Crippen LogP) is 4.61. The molecule has 4 nitrogen and oxygen atoms in total. The lowest BCUT2D eigenvalue weighted by atomic mass is 9.89. The van der Waals surface area contributed by atoms with Gasteiger partial charge < -0.3 is 14.3 Å². The van der Waals surface area contributed by atoms with Gasteiger partial charge in [0.05, 0.1) is 10.9 Å². The van der Waals surface area contributed by atoms with Crippen LogP contribution in [0.3, 0.4) is 0 Å². The topological polar surface area (TPSA) is 59.7 Å². The van der Waals surface area contributed by atoms with Crippen LogP contribution < -0.4 is 10.4 Å². The first kappa shape index (κ1) is 16.8. The van der Waals surface area contributed by atoms with Crippen molar-refractivity contribution in [2.24, 2.45) is 0 Å². The molecule has 3 aromatic rings. The second kappa shape index (κ2) is 7.26. The summed E-state index contributed by atoms with van der Waals surface area (Å²) in [6, 6.07) is 14.5. The van der Waals surface area contributed by atoms with Gasteiger partial charge in [0.2, 0.25) is 0 Å². The van der Waals surface area contributed by atoms with Gasteiger partial charge in [-0.3, -0.25) is 0 Å². The average Bonchev–Trinajstić information content (AvgIpc) is 2.63. The van der Waals surface area contributed by atoms with Crippen LogP contribution in [-0.4, -0.2) is 11.7 Å². The number of hydrogen-bond donors (Lipinski definition) is 1. The van der Waals surface area contributed by atoms with E-state index in [0.29, 0.717) is 29.7 Å². The molecule has 0 saturated carbocycles. The van der Waals surface area contributed by atoms with Crippen LogP contribution in [0.2, 0.25) is 0 Å². The van der Waals surface area contributed by atoms with E-state index >= 15 is 0 Å². The molecule has 0 saturated heterocycles. The standard InChI is InChI=1S/C21H20O4/c1-3-12-24-15-9-7-8-14(13-15)16(4-2)19-20(22)17-10-5-6-11-18(17)25-21(19)23/h3,5-11,13,16,22H,1,4,12H2,2H3. The summed E-state index contributed by atoms with van der Waals surface area (Å²) >= 11 is 0. The van der Waals surface area contributed by atoms with Crippen molar-refractivity contribution in [2.75, 3.05) is 6.61 Å². The highest BCUT2D eigenvalue weighted by molar-refractivity contribution is 5.84. The van der Waals surface area contributed by atoms with E-state index in [2.05, 4.69) is 6.58 Å². The SMILES string of the molecule is C=CCOc1cccc(C(CC)c2c(O)c3ccccc3oc2=O)c1. The monoisotopic (exact) mass is 336 g/mol. The second-order valence-corrected chi connectivity index (χ2v) is 5.78. The Kier molecular flexibility index (Phi) is 4.89. The Morgan fingerprint density at radius 3 is 2.80 bits per heavy atom. The lowest BCUT2D eigenvalue weighted by Gasteiger charge is -2.17. The molecule has 0 radical (unpaired) electrons. The van der Waals surface area contributed by atoms with Gasteiger partial charge in [0.1, 0.15) is 23.7 Å². The number of aromatic hydroxyl groups is 1. The van der Waals surface area contributed by atoms with E-state index < -0.39 is 5.63 Å². The minimum atomic E-state index is -0.513. The molecule has 1 unspecified atom stereocenters. The van der Waals surface area contributed by atoms with Gasteiger partial charge in [0.25, 0.3) is 0 Å². The summed E-state index contributed by atoms with van der Waals surface area (Å²) in [5, 5.41) is 11.2. The van der Waals surface area contributed by atoms with Crippen LogP contribution in [-0.2, 0) is 0 Å². The van der Waals surface area contributed by atoms with Crippen molar-refractivity contribution in [1.29, 1.82) is 0 Å². The van der Waals surface area contributed by atoms with Gasteiger partial charge in [-0.2, -0.15) is 0 Å². The van der Waals surface area contributed by atoms with Crippen LogP contribution in [0.1, 0.15) is 30.4 Å². The third kappa shape index (κ3) is 3.29. The average molecular weight is 336 g/mol. The van der Waals surface area contributed by atoms with E-state index in [1.165, 1.54) is 0 Å². The van der Waals surface area contributed by atoms with Gasteiger partial charge in [-0.05, 0) is 36.2 Å². The van der Waals surface area contributed by atoms with Crippen LogP contribution in [0.25, 0.3) is 11.0 Å². The van der Waals surface area contributed by atoms with Crippen LogP contribution in [0.4, 0.5) is 0 Å². The zero-order valence-electron chi connectivity index (χ0n) is 14.1. The minimum absolute atomic E-state index is 0.0175. The molecule has 0 aliphatic carbocycles. The number of fused-ring (bicyclic) bond motifs is 1. The van der Waals surface area contributed by atoms with E-state index in [1.807, 2.05) is 31.2 Å². The van der Waals surface area contributed by atoms with Crippen molar-refractivity contribution >= 4 is 11.0 Å². The fourth-order valence-corrected chi connectivity index (χ4v) is 3.04. The normalized spacial score (nSPS) is 12.0. The van der Waals surface area contributed by atoms with Gasteiger partial charge in [-0.15, -0.1) is 0 Å². The predicted molar refractivity (Wildman–Crippen MR) is 98.4 cm³/mol. The molecule has 3 rings (SSSR count). The van der Waals surface area contributed by atoms with Gasteiger partial charge in [0.15, 0.2) is 0 Å². The van der Waals surface area contributed by atoms with Crippen LogP contribution in [0.15, 0.2) is 70.4 Å². The number of ether oxygens (including phenoxy) is 1. The van der Waals surface area contributed by atoms with Crippen molar-refractivity contribution < 1.29 is 14.3 Å². The van der Waals surface area contributed by atoms with E-state index in [9.17, 15) is 9.90 Å². The number of para-hydroxylation sites is 1. The zero-order valence-corrected chi connectivity index (χ0v) is 14.1. The van der Waals surface area contributed by atoms with Crippen molar-refractivity contribution in [1.82, 2.24) is 0 Å². The molecule has 4 heteroatoms. The Balaban J connectivity index is 2.11. The maximum atomic E-state index is 12.5. The highest BCUT2D eigenvalue weighted by Crippen LogP contribution is 2.36. The Hall–Kier alpha value is -3.01. The number of rotatable bonds is 6. The molecule has 0 bridgehead atoms. The Morgan fingerprint density at radius 2 is 2.04 bits per heavy atom. The second-order valence-electron chi connectivity index (χ2n) is 5.78. The molecule has 1 heterocycles.